The molecule has 27 heavy (non-hydrogen) atoms. The minimum absolute atomic E-state index is 0.0860. The van der Waals surface area contributed by atoms with Crippen LogP contribution >= 0.6 is 0 Å². The van der Waals surface area contributed by atoms with Crippen LogP contribution in [-0.4, -0.2) is 57.2 Å². The molecule has 0 N–H and O–H groups in total. The van der Waals surface area contributed by atoms with Crippen molar-refractivity contribution in [2.75, 3.05) is 31.1 Å². The van der Waals surface area contributed by atoms with Crippen LogP contribution in [0.4, 0.5) is 5.95 Å². The number of carbonyl (C=O) groups excluding carboxylic acids is 1. The number of nitrogens with zero attached hydrogens (tertiary/aromatic N) is 6. The summed E-state index contributed by atoms with van der Waals surface area (Å²) in [6.07, 6.45) is 5.80. The highest BCUT2D eigenvalue weighted by Gasteiger charge is 2.23. The Morgan fingerprint density at radius 2 is 1.93 bits per heavy atom. The number of furan rings is 1. The first-order valence-electron chi connectivity index (χ1n) is 8.87. The molecule has 3 aromatic rings. The first-order chi connectivity index (χ1) is 13.2. The fourth-order valence-electron chi connectivity index (χ4n) is 3.05. The van der Waals surface area contributed by atoms with E-state index >= 15 is 0 Å². The molecule has 0 spiro atoms. The summed E-state index contributed by atoms with van der Waals surface area (Å²) >= 11 is 0. The third kappa shape index (κ3) is 3.81. The molecule has 1 amide bonds. The van der Waals surface area contributed by atoms with E-state index in [9.17, 15) is 4.79 Å². The van der Waals surface area contributed by atoms with Crippen LogP contribution < -0.4 is 4.90 Å². The van der Waals surface area contributed by atoms with Crippen LogP contribution in [0.5, 0.6) is 0 Å². The standard InChI is InChI=1S/C18H20N6O3/c1-13-14(5-12-26-13)17-22-21-15(27-17)3-4-16(25)23-8-10-24(11-9-23)18-19-6-2-7-20-18/h2,5-7,12H,3-4,8-11H2,1H3. The van der Waals surface area contributed by atoms with Crippen LogP contribution in [0.2, 0.25) is 0 Å². The zero-order chi connectivity index (χ0) is 18.6. The number of aromatic nitrogens is 4. The molecule has 1 aliphatic heterocycles. The van der Waals surface area contributed by atoms with Crippen LogP contribution in [0, 0.1) is 6.92 Å². The smallest absolute Gasteiger partial charge is 0.251 e. The summed E-state index contributed by atoms with van der Waals surface area (Å²) in [7, 11) is 0. The van der Waals surface area contributed by atoms with Gasteiger partial charge in [0.2, 0.25) is 17.7 Å². The van der Waals surface area contributed by atoms with Crippen molar-refractivity contribution in [1.29, 1.82) is 0 Å². The molecule has 4 heterocycles. The summed E-state index contributed by atoms with van der Waals surface area (Å²) in [4.78, 5) is 24.9. The minimum Gasteiger partial charge on any atom is -0.469 e. The van der Waals surface area contributed by atoms with E-state index in [1.165, 1.54) is 0 Å². The van der Waals surface area contributed by atoms with Gasteiger partial charge in [0, 0.05) is 51.4 Å². The van der Waals surface area contributed by atoms with E-state index in [4.69, 9.17) is 8.83 Å². The molecule has 3 aromatic heterocycles. The maximum atomic E-state index is 12.5. The number of piperazine rings is 1. The number of hydrogen-bond donors (Lipinski definition) is 0. The Morgan fingerprint density at radius 3 is 2.63 bits per heavy atom. The summed E-state index contributed by atoms with van der Waals surface area (Å²) in [5.74, 6) is 2.39. The lowest BCUT2D eigenvalue weighted by atomic mass is 10.2. The van der Waals surface area contributed by atoms with E-state index in [1.54, 1.807) is 30.8 Å². The van der Waals surface area contributed by atoms with Gasteiger partial charge in [0.15, 0.2) is 0 Å². The van der Waals surface area contributed by atoms with Gasteiger partial charge in [0.25, 0.3) is 5.89 Å². The zero-order valence-corrected chi connectivity index (χ0v) is 15.0. The highest BCUT2D eigenvalue weighted by molar-refractivity contribution is 5.76. The summed E-state index contributed by atoms with van der Waals surface area (Å²) in [5.41, 5.74) is 0.777. The molecular weight excluding hydrogens is 348 g/mol. The van der Waals surface area contributed by atoms with Crippen molar-refractivity contribution in [1.82, 2.24) is 25.1 Å². The third-order valence-electron chi connectivity index (χ3n) is 4.58. The predicted molar refractivity (Wildman–Crippen MR) is 95.9 cm³/mol. The molecule has 1 aliphatic rings. The Balaban J connectivity index is 1.28. The Morgan fingerprint density at radius 1 is 1.15 bits per heavy atom. The Labute approximate surface area is 156 Å². The van der Waals surface area contributed by atoms with Crippen LogP contribution in [0.25, 0.3) is 11.5 Å². The lowest BCUT2D eigenvalue weighted by Crippen LogP contribution is -2.49. The molecule has 1 fully saturated rings. The topological polar surface area (TPSA) is 101 Å². The van der Waals surface area contributed by atoms with Gasteiger partial charge in [0.1, 0.15) is 5.76 Å². The van der Waals surface area contributed by atoms with E-state index in [-0.39, 0.29) is 5.91 Å². The van der Waals surface area contributed by atoms with Crippen molar-refractivity contribution in [2.45, 2.75) is 19.8 Å². The fraction of sp³-hybridized carbons (Fsp3) is 0.389. The van der Waals surface area contributed by atoms with Crippen molar-refractivity contribution < 1.29 is 13.6 Å². The van der Waals surface area contributed by atoms with Gasteiger partial charge in [-0.3, -0.25) is 4.79 Å². The third-order valence-corrected chi connectivity index (χ3v) is 4.58. The average molecular weight is 368 g/mol. The van der Waals surface area contributed by atoms with Gasteiger partial charge in [-0.1, -0.05) is 0 Å². The molecule has 1 saturated heterocycles. The van der Waals surface area contributed by atoms with Gasteiger partial charge in [0.05, 0.1) is 11.8 Å². The Bertz CT molecular complexity index is 899. The molecule has 0 saturated carbocycles. The number of amides is 1. The van der Waals surface area contributed by atoms with Crippen molar-refractivity contribution in [2.24, 2.45) is 0 Å². The summed E-state index contributed by atoms with van der Waals surface area (Å²) in [6.45, 7) is 4.59. The van der Waals surface area contributed by atoms with E-state index in [0.717, 1.165) is 24.4 Å². The van der Waals surface area contributed by atoms with E-state index < -0.39 is 0 Å². The maximum Gasteiger partial charge on any atom is 0.251 e. The number of hydrogen-bond acceptors (Lipinski definition) is 8. The molecule has 140 valence electrons. The van der Waals surface area contributed by atoms with E-state index in [0.29, 0.717) is 43.7 Å². The molecule has 0 bridgehead atoms. The van der Waals surface area contributed by atoms with E-state index in [2.05, 4.69) is 25.1 Å². The molecular formula is C18H20N6O3. The monoisotopic (exact) mass is 368 g/mol. The minimum atomic E-state index is 0.0860. The number of rotatable bonds is 5. The average Bonchev–Trinajstić information content (AvgIpc) is 3.35. The predicted octanol–water partition coefficient (Wildman–Crippen LogP) is 1.71. The molecule has 4 rings (SSSR count). The second kappa shape index (κ2) is 7.56. The Kier molecular flexibility index (Phi) is 4.82. The number of aryl methyl sites for hydroxylation is 2. The van der Waals surface area contributed by atoms with Crippen LogP contribution in [0.15, 0.2) is 39.6 Å². The van der Waals surface area contributed by atoms with E-state index in [1.807, 2.05) is 11.8 Å². The molecule has 0 radical (unpaired) electrons. The van der Waals surface area contributed by atoms with Crippen LogP contribution in [-0.2, 0) is 11.2 Å². The fourth-order valence-corrected chi connectivity index (χ4v) is 3.05. The largest absolute Gasteiger partial charge is 0.469 e. The Hall–Kier alpha value is -3.23. The lowest BCUT2D eigenvalue weighted by Gasteiger charge is -2.34. The van der Waals surface area contributed by atoms with Gasteiger partial charge in [-0.15, -0.1) is 10.2 Å². The SMILES string of the molecule is Cc1occc1-c1nnc(CCC(=O)N2CCN(c3ncccn3)CC2)o1. The van der Waals surface area contributed by atoms with Gasteiger partial charge in [-0.25, -0.2) is 9.97 Å². The number of anilines is 1. The summed E-state index contributed by atoms with van der Waals surface area (Å²) in [6, 6.07) is 3.58. The first kappa shape index (κ1) is 17.2. The van der Waals surface area contributed by atoms with Gasteiger partial charge in [-0.05, 0) is 19.1 Å². The van der Waals surface area contributed by atoms with Gasteiger partial charge >= 0.3 is 0 Å². The second-order valence-corrected chi connectivity index (χ2v) is 6.31. The quantitative estimate of drug-likeness (QED) is 0.671. The normalized spacial score (nSPS) is 14.6. The molecule has 0 unspecified atom stereocenters. The van der Waals surface area contributed by atoms with Crippen molar-refractivity contribution in [3.63, 3.8) is 0 Å². The molecule has 9 nitrogen and oxygen atoms in total. The highest BCUT2D eigenvalue weighted by Crippen LogP contribution is 2.23. The van der Waals surface area contributed by atoms with Gasteiger partial charge in [-0.2, -0.15) is 0 Å². The van der Waals surface area contributed by atoms with Crippen LogP contribution in [0.3, 0.4) is 0 Å². The maximum absolute atomic E-state index is 12.5. The molecule has 0 atom stereocenters. The molecule has 9 heteroatoms. The second-order valence-electron chi connectivity index (χ2n) is 6.31. The first-order valence-corrected chi connectivity index (χ1v) is 8.87. The molecule has 0 aromatic carbocycles. The zero-order valence-electron chi connectivity index (χ0n) is 15.0. The van der Waals surface area contributed by atoms with Crippen LogP contribution in [0.1, 0.15) is 18.1 Å². The lowest BCUT2D eigenvalue weighted by molar-refractivity contribution is -0.131. The summed E-state index contributed by atoms with van der Waals surface area (Å²) < 4.78 is 10.9. The van der Waals surface area contributed by atoms with Crippen molar-refractivity contribution in [3.05, 3.63) is 42.4 Å². The van der Waals surface area contributed by atoms with Crippen molar-refractivity contribution in [3.8, 4) is 11.5 Å². The van der Waals surface area contributed by atoms with Crippen molar-refractivity contribution >= 4 is 11.9 Å². The highest BCUT2D eigenvalue weighted by atomic mass is 16.4. The molecule has 0 aliphatic carbocycles. The van der Waals surface area contributed by atoms with Gasteiger partial charge < -0.3 is 18.6 Å². The number of carbonyl (C=O) groups is 1. The summed E-state index contributed by atoms with van der Waals surface area (Å²) in [5, 5.41) is 8.06.